The molecule has 0 bridgehead atoms. The molecular weight excluding hydrogens is 452 g/mol. The number of likely N-dealkylation sites (tertiary alicyclic amines) is 1. The first-order valence-electron chi connectivity index (χ1n) is 11.7. The Labute approximate surface area is 200 Å². The summed E-state index contributed by atoms with van der Waals surface area (Å²) in [5.41, 5.74) is 2.97. The minimum Gasteiger partial charge on any atom is -0.492 e. The predicted octanol–water partition coefficient (Wildman–Crippen LogP) is 3.41. The molecule has 3 aromatic heterocycles. The van der Waals surface area contributed by atoms with Crippen molar-refractivity contribution < 1.29 is 14.6 Å². The summed E-state index contributed by atoms with van der Waals surface area (Å²) in [6, 6.07) is 3.96. The Bertz CT molecular complexity index is 1380. The first-order valence-corrected chi connectivity index (χ1v) is 12.5. The number of anilines is 2. The number of β-amino-alcohol motifs (C(OH)–C–C–N with tert-alkyl or cyclic N) is 1. The van der Waals surface area contributed by atoms with Crippen LogP contribution in [-0.2, 0) is 17.6 Å². The number of H-pyrrole nitrogens is 1. The Morgan fingerprint density at radius 3 is 3.09 bits per heavy atom. The van der Waals surface area contributed by atoms with Gasteiger partial charge in [0.15, 0.2) is 0 Å². The fourth-order valence-corrected chi connectivity index (χ4v) is 6.35. The van der Waals surface area contributed by atoms with E-state index in [4.69, 9.17) is 4.74 Å². The van der Waals surface area contributed by atoms with Gasteiger partial charge >= 0.3 is 0 Å². The van der Waals surface area contributed by atoms with E-state index in [2.05, 4.69) is 25.5 Å². The molecule has 2 atom stereocenters. The lowest BCUT2D eigenvalue weighted by Crippen LogP contribution is -2.37. The third-order valence-electron chi connectivity index (χ3n) is 6.76. The number of nitrogens with one attached hydrogen (secondary N) is 2. The van der Waals surface area contributed by atoms with Gasteiger partial charge < -0.3 is 20.1 Å². The Morgan fingerprint density at radius 2 is 2.26 bits per heavy atom. The molecule has 6 rings (SSSR count). The van der Waals surface area contributed by atoms with Crippen LogP contribution in [0.3, 0.4) is 0 Å². The van der Waals surface area contributed by atoms with Gasteiger partial charge in [-0.15, -0.1) is 11.3 Å². The second-order valence-corrected chi connectivity index (χ2v) is 10.0. The van der Waals surface area contributed by atoms with Crippen LogP contribution in [0.2, 0.25) is 0 Å². The largest absolute Gasteiger partial charge is 0.492 e. The Balaban J connectivity index is 1.32. The average Bonchev–Trinajstić information content (AvgIpc) is 3.56. The Hall–Kier alpha value is -3.24. The van der Waals surface area contributed by atoms with Crippen molar-refractivity contribution in [3.63, 3.8) is 0 Å². The molecule has 1 amide bonds. The van der Waals surface area contributed by atoms with Gasteiger partial charge in [0.25, 0.3) is 0 Å². The lowest BCUT2D eigenvalue weighted by molar-refractivity contribution is -0.135. The van der Waals surface area contributed by atoms with Gasteiger partial charge in [-0.3, -0.25) is 9.89 Å². The quantitative estimate of drug-likeness (QED) is 0.402. The van der Waals surface area contributed by atoms with E-state index in [-0.39, 0.29) is 17.9 Å². The summed E-state index contributed by atoms with van der Waals surface area (Å²) in [6.07, 6.45) is 5.97. The highest BCUT2D eigenvalue weighted by molar-refractivity contribution is 7.19. The standard InChI is InChI=1S/C24H26N6O3S/c1-2-33-19-9-17-14(10-27-29-17)7-18(19)28-22-21-16-4-3-13(24(32)30-6-5-15(31)11-30)8-20(16)34-23(21)26-12-25-22/h7,9-10,12-13,15,31H,2-6,8,11H2,1H3,(H,27,29)(H,25,26,28)/t13?,15-/m1/s1. The minimum absolute atomic E-state index is 0.0386. The number of hydrogen-bond acceptors (Lipinski definition) is 8. The smallest absolute Gasteiger partial charge is 0.226 e. The summed E-state index contributed by atoms with van der Waals surface area (Å²) >= 11 is 1.65. The molecule has 2 aliphatic rings. The number of amides is 1. The van der Waals surface area contributed by atoms with Crippen molar-refractivity contribution in [2.24, 2.45) is 5.92 Å². The first-order chi connectivity index (χ1) is 16.6. The fraction of sp³-hybridized carbons (Fsp3) is 0.417. The normalized spacial score (nSPS) is 20.1. The van der Waals surface area contributed by atoms with Crippen molar-refractivity contribution in [1.29, 1.82) is 0 Å². The van der Waals surface area contributed by atoms with Gasteiger partial charge in [-0.2, -0.15) is 5.10 Å². The number of benzene rings is 1. The van der Waals surface area contributed by atoms with Crippen LogP contribution < -0.4 is 10.1 Å². The van der Waals surface area contributed by atoms with Crippen molar-refractivity contribution in [1.82, 2.24) is 25.1 Å². The third kappa shape index (κ3) is 3.67. The average molecular weight is 479 g/mol. The molecule has 4 heterocycles. The van der Waals surface area contributed by atoms with Gasteiger partial charge in [0.2, 0.25) is 5.91 Å². The van der Waals surface area contributed by atoms with Crippen LogP contribution in [0, 0.1) is 5.92 Å². The van der Waals surface area contributed by atoms with Crippen molar-refractivity contribution in [2.75, 3.05) is 25.0 Å². The van der Waals surface area contributed by atoms with Gasteiger partial charge in [-0.05, 0) is 44.2 Å². The lowest BCUT2D eigenvalue weighted by atomic mass is 9.87. The number of carbonyl (C=O) groups is 1. The number of hydrogen-bond donors (Lipinski definition) is 3. The number of aliphatic hydroxyl groups is 1. The molecule has 1 unspecified atom stereocenters. The summed E-state index contributed by atoms with van der Waals surface area (Å²) < 4.78 is 5.88. The van der Waals surface area contributed by atoms with Gasteiger partial charge in [-0.25, -0.2) is 9.97 Å². The lowest BCUT2D eigenvalue weighted by Gasteiger charge is -2.26. The third-order valence-corrected chi connectivity index (χ3v) is 7.93. The van der Waals surface area contributed by atoms with E-state index in [1.165, 1.54) is 10.4 Å². The fourth-order valence-electron chi connectivity index (χ4n) is 5.09. The van der Waals surface area contributed by atoms with Crippen LogP contribution in [0.1, 0.15) is 30.2 Å². The Morgan fingerprint density at radius 1 is 1.35 bits per heavy atom. The molecule has 1 aliphatic heterocycles. The highest BCUT2D eigenvalue weighted by Gasteiger charge is 2.34. The van der Waals surface area contributed by atoms with Crippen LogP contribution in [0.25, 0.3) is 21.1 Å². The van der Waals surface area contributed by atoms with Gasteiger partial charge in [-0.1, -0.05) is 0 Å². The molecule has 3 N–H and O–H groups in total. The van der Waals surface area contributed by atoms with Crippen LogP contribution in [-0.4, -0.2) is 61.9 Å². The summed E-state index contributed by atoms with van der Waals surface area (Å²) in [7, 11) is 0. The number of ether oxygens (including phenoxy) is 1. The number of aliphatic hydroxyl groups excluding tert-OH is 1. The molecule has 4 aromatic rings. The van der Waals surface area contributed by atoms with E-state index in [1.807, 2.05) is 24.0 Å². The SMILES string of the molecule is CCOc1cc2[nH]ncc2cc1Nc1ncnc2sc3c(c12)CCC(C(=O)N1CC[C@@H](O)C1)C3. The molecule has 9 nitrogen and oxygen atoms in total. The van der Waals surface area contributed by atoms with Crippen molar-refractivity contribution in [2.45, 2.75) is 38.7 Å². The number of nitrogens with zero attached hydrogens (tertiary/aromatic N) is 4. The van der Waals surface area contributed by atoms with E-state index in [1.54, 1.807) is 23.9 Å². The van der Waals surface area contributed by atoms with E-state index in [9.17, 15) is 9.90 Å². The number of aryl methyl sites for hydroxylation is 1. The maximum absolute atomic E-state index is 13.0. The van der Waals surface area contributed by atoms with Crippen molar-refractivity contribution in [3.05, 3.63) is 35.1 Å². The molecule has 34 heavy (non-hydrogen) atoms. The van der Waals surface area contributed by atoms with Crippen LogP contribution in [0.5, 0.6) is 5.75 Å². The molecule has 1 aliphatic carbocycles. The minimum atomic E-state index is -0.390. The molecule has 0 spiro atoms. The second kappa shape index (κ2) is 8.52. The summed E-state index contributed by atoms with van der Waals surface area (Å²) in [5.74, 6) is 1.61. The molecule has 0 radical (unpaired) electrons. The summed E-state index contributed by atoms with van der Waals surface area (Å²) in [5, 5.41) is 22.4. The van der Waals surface area contributed by atoms with Crippen LogP contribution in [0.15, 0.2) is 24.7 Å². The second-order valence-electron chi connectivity index (χ2n) is 8.94. The predicted molar refractivity (Wildman–Crippen MR) is 131 cm³/mol. The molecule has 176 valence electrons. The number of rotatable bonds is 5. The van der Waals surface area contributed by atoms with Crippen LogP contribution in [0.4, 0.5) is 11.5 Å². The topological polar surface area (TPSA) is 116 Å². The zero-order valence-electron chi connectivity index (χ0n) is 18.9. The molecule has 10 heteroatoms. The molecule has 0 saturated carbocycles. The van der Waals surface area contributed by atoms with Gasteiger partial charge in [0.05, 0.1) is 35.5 Å². The zero-order valence-corrected chi connectivity index (χ0v) is 19.7. The maximum Gasteiger partial charge on any atom is 0.226 e. The molecule has 1 aromatic carbocycles. The van der Waals surface area contributed by atoms with E-state index in [0.717, 1.165) is 51.2 Å². The van der Waals surface area contributed by atoms with E-state index in [0.29, 0.717) is 32.5 Å². The number of fused-ring (bicyclic) bond motifs is 4. The highest BCUT2D eigenvalue weighted by Crippen LogP contribution is 2.42. The zero-order chi connectivity index (χ0) is 23.2. The molecular formula is C24H26N6O3S. The van der Waals surface area contributed by atoms with Crippen LogP contribution >= 0.6 is 11.3 Å². The molecule has 1 fully saturated rings. The van der Waals surface area contributed by atoms with E-state index < -0.39 is 0 Å². The number of aromatic nitrogens is 4. The number of thiophene rings is 1. The first kappa shape index (κ1) is 21.3. The van der Waals surface area contributed by atoms with E-state index >= 15 is 0 Å². The maximum atomic E-state index is 13.0. The number of aromatic amines is 1. The monoisotopic (exact) mass is 478 g/mol. The summed E-state index contributed by atoms with van der Waals surface area (Å²) in [4.78, 5) is 26.1. The van der Waals surface area contributed by atoms with Gasteiger partial charge in [0, 0.05) is 35.3 Å². The summed E-state index contributed by atoms with van der Waals surface area (Å²) in [6.45, 7) is 3.61. The molecule has 1 saturated heterocycles. The highest BCUT2D eigenvalue weighted by atomic mass is 32.1. The Kier molecular flexibility index (Phi) is 5.34. The van der Waals surface area contributed by atoms with Crippen molar-refractivity contribution in [3.8, 4) is 5.75 Å². The van der Waals surface area contributed by atoms with Gasteiger partial charge in [0.1, 0.15) is 22.7 Å². The van der Waals surface area contributed by atoms with Crippen molar-refractivity contribution >= 4 is 49.9 Å². The number of carbonyl (C=O) groups excluding carboxylic acids is 1.